The fraction of sp³-hybridized carbons (Fsp3) is 0.500. The van der Waals surface area contributed by atoms with Crippen LogP contribution in [0.1, 0.15) is 113 Å². The molecule has 2 heteroatoms. The molecule has 0 bridgehead atoms. The van der Waals surface area contributed by atoms with Gasteiger partial charge in [-0.2, -0.15) is 0 Å². The molecule has 2 unspecified atom stereocenters. The number of hydrogen-bond acceptors (Lipinski definition) is 0. The van der Waals surface area contributed by atoms with Gasteiger partial charge in [0.1, 0.15) is 0 Å². The van der Waals surface area contributed by atoms with Crippen LogP contribution in [0.2, 0.25) is 6.04 Å². The van der Waals surface area contributed by atoms with E-state index < -0.39 is 20.1 Å². The number of unbranched alkanes of at least 4 members (excludes halogenated alkanes) is 1. The molecule has 2 aliphatic carbocycles. The van der Waals surface area contributed by atoms with Crippen molar-refractivity contribution in [1.82, 2.24) is 0 Å². The summed E-state index contributed by atoms with van der Waals surface area (Å²) in [6.45, 7) is 16.8. The number of hydrogen-bond donors (Lipinski definition) is 0. The zero-order valence-corrected chi connectivity index (χ0v) is 27.4. The molecule has 0 saturated heterocycles. The predicted molar refractivity (Wildman–Crippen MR) is 150 cm³/mol. The Morgan fingerprint density at radius 3 is 1.44 bits per heavy atom. The first kappa shape index (κ1) is 26.1. The molecule has 34 heavy (non-hydrogen) atoms. The molecule has 4 rings (SSSR count). The van der Waals surface area contributed by atoms with E-state index >= 15 is 0 Å². The first-order valence-electron chi connectivity index (χ1n) is 13.9. The van der Waals surface area contributed by atoms with Gasteiger partial charge in [0.05, 0.1) is 0 Å². The molecule has 2 aliphatic rings. The molecule has 180 valence electrons. The molecular weight excluding hydrogens is 591 g/mol. The summed E-state index contributed by atoms with van der Waals surface area (Å²) in [6.07, 6.45) is 13.3. The van der Waals surface area contributed by atoms with Gasteiger partial charge in [0.2, 0.25) is 0 Å². The first-order valence-corrected chi connectivity index (χ1v) is 25.6. The van der Waals surface area contributed by atoms with Crippen LogP contribution in [0.4, 0.5) is 0 Å². The summed E-state index contributed by atoms with van der Waals surface area (Å²) in [6, 6.07) is 11.3. The SMILES string of the molecule is CCCC[SiH]=[Hf]([CH]1C(C)=Cc2c(CC)ccc(CC)c21)[CH]1C(C)=Cc2c(CC)ccc(CC)c21. The number of rotatable bonds is 9. The van der Waals surface area contributed by atoms with E-state index in [1.165, 1.54) is 31.7 Å². The van der Waals surface area contributed by atoms with Gasteiger partial charge in [-0.15, -0.1) is 0 Å². The van der Waals surface area contributed by atoms with Crippen molar-refractivity contribution in [2.45, 2.75) is 100 Å². The summed E-state index contributed by atoms with van der Waals surface area (Å²) in [5.41, 5.74) is 16.7. The van der Waals surface area contributed by atoms with Crippen LogP contribution in [0.15, 0.2) is 35.4 Å². The van der Waals surface area contributed by atoms with Crippen LogP contribution in [0, 0.1) is 0 Å². The molecule has 0 spiro atoms. The molecule has 0 amide bonds. The number of aryl methyl sites for hydroxylation is 4. The zero-order valence-electron chi connectivity index (χ0n) is 22.6. The van der Waals surface area contributed by atoms with Gasteiger partial charge in [-0.05, 0) is 0 Å². The van der Waals surface area contributed by atoms with Crippen molar-refractivity contribution in [3.05, 3.63) is 79.9 Å². The molecule has 0 fully saturated rings. The molecular formula is C32H44HfSi. The van der Waals surface area contributed by atoms with E-state index in [2.05, 4.69) is 84.9 Å². The summed E-state index contributed by atoms with van der Waals surface area (Å²) in [5, 5.41) is 0. The van der Waals surface area contributed by atoms with Crippen molar-refractivity contribution < 1.29 is 20.1 Å². The fourth-order valence-electron chi connectivity index (χ4n) is 6.52. The second kappa shape index (κ2) is 11.4. The van der Waals surface area contributed by atoms with Crippen LogP contribution >= 0.6 is 0 Å². The van der Waals surface area contributed by atoms with E-state index in [-0.39, 0.29) is 0 Å². The molecule has 0 heterocycles. The van der Waals surface area contributed by atoms with Crippen LogP contribution in [0.25, 0.3) is 12.2 Å². The molecule has 0 nitrogen and oxygen atoms in total. The first-order chi connectivity index (χ1) is 16.5. The fourth-order valence-corrected chi connectivity index (χ4v) is 36.3. The standard InChI is InChI=1S/2C14H17.C4H10Si.Hf/c2*1-4-11-6-7-12(5-2)14-9-10(3)8-13(11)14;1-2-3-4-5;/h2*6-9H,4-5H2,1-3H3;5H,2-4H2,1H3;. The van der Waals surface area contributed by atoms with Gasteiger partial charge in [-0.1, -0.05) is 0 Å². The quantitative estimate of drug-likeness (QED) is 0.191. The minimum atomic E-state index is -2.16. The van der Waals surface area contributed by atoms with Gasteiger partial charge in [0.15, 0.2) is 0 Å². The van der Waals surface area contributed by atoms with Crippen LogP contribution in [-0.2, 0) is 45.7 Å². The average Bonchev–Trinajstić information content (AvgIpc) is 3.37. The zero-order chi connectivity index (χ0) is 24.4. The molecule has 0 N–H and O–H groups in total. The van der Waals surface area contributed by atoms with Crippen molar-refractivity contribution >= 4 is 18.4 Å². The third-order valence-corrected chi connectivity index (χ3v) is 33.2. The molecule has 2 aromatic rings. The normalized spacial score (nSPS) is 18.4. The molecule has 2 atom stereocenters. The van der Waals surface area contributed by atoms with Crippen LogP contribution < -0.4 is 0 Å². The van der Waals surface area contributed by atoms with Crippen molar-refractivity contribution in [2.24, 2.45) is 0 Å². The molecule has 0 saturated carbocycles. The van der Waals surface area contributed by atoms with E-state index in [4.69, 9.17) is 0 Å². The van der Waals surface area contributed by atoms with Gasteiger partial charge in [-0.3, -0.25) is 0 Å². The molecule has 0 aromatic heterocycles. The Bertz CT molecular complexity index is 1080. The molecule has 2 aromatic carbocycles. The van der Waals surface area contributed by atoms with Gasteiger partial charge < -0.3 is 0 Å². The summed E-state index contributed by atoms with van der Waals surface area (Å²) >= 11 is -2.16. The third-order valence-electron chi connectivity index (χ3n) is 8.30. The molecule has 0 radical (unpaired) electrons. The van der Waals surface area contributed by atoms with Crippen molar-refractivity contribution in [3.63, 3.8) is 0 Å². The monoisotopic (exact) mass is 636 g/mol. The van der Waals surface area contributed by atoms with E-state index in [0.29, 0.717) is 6.22 Å². The minimum absolute atomic E-state index is 0.588. The van der Waals surface area contributed by atoms with Gasteiger partial charge in [0.25, 0.3) is 0 Å². The number of benzene rings is 2. The summed E-state index contributed by atoms with van der Waals surface area (Å²) in [5.74, 6) is 0. The Labute approximate surface area is 217 Å². The third kappa shape index (κ3) is 4.59. The predicted octanol–water partition coefficient (Wildman–Crippen LogP) is 8.74. The van der Waals surface area contributed by atoms with E-state index in [1.54, 1.807) is 55.7 Å². The van der Waals surface area contributed by atoms with E-state index in [1.807, 2.05) is 0 Å². The number of allylic oxidation sites excluding steroid dienone is 2. The Balaban J connectivity index is 1.95. The van der Waals surface area contributed by atoms with Crippen molar-refractivity contribution in [3.8, 4) is 0 Å². The van der Waals surface area contributed by atoms with Gasteiger partial charge in [0, 0.05) is 0 Å². The maximum atomic E-state index is 2.63. The summed E-state index contributed by atoms with van der Waals surface area (Å²) < 4.78 is 1.59. The van der Waals surface area contributed by atoms with Gasteiger partial charge >= 0.3 is 219 Å². The van der Waals surface area contributed by atoms with Crippen molar-refractivity contribution in [1.29, 1.82) is 0 Å². The Morgan fingerprint density at radius 1 is 0.647 bits per heavy atom. The van der Waals surface area contributed by atoms with Crippen molar-refractivity contribution in [2.75, 3.05) is 0 Å². The van der Waals surface area contributed by atoms with E-state index in [9.17, 15) is 0 Å². The average molecular weight is 635 g/mol. The Hall–Kier alpha value is -0.993. The number of fused-ring (bicyclic) bond motifs is 2. The van der Waals surface area contributed by atoms with Gasteiger partial charge in [-0.25, -0.2) is 0 Å². The Morgan fingerprint density at radius 2 is 1.06 bits per heavy atom. The van der Waals surface area contributed by atoms with Crippen LogP contribution in [-0.4, -0.2) is 6.22 Å². The summed E-state index contributed by atoms with van der Waals surface area (Å²) in [7, 11) is 0. The van der Waals surface area contributed by atoms with Crippen LogP contribution in [0.3, 0.4) is 0 Å². The maximum absolute atomic E-state index is 2.63. The second-order valence-electron chi connectivity index (χ2n) is 10.3. The second-order valence-corrected chi connectivity index (χ2v) is 28.9. The topological polar surface area (TPSA) is 0 Å². The van der Waals surface area contributed by atoms with E-state index in [0.717, 1.165) is 20.2 Å². The summed E-state index contributed by atoms with van der Waals surface area (Å²) in [4.78, 5) is 0. The Kier molecular flexibility index (Phi) is 8.73. The van der Waals surface area contributed by atoms with Crippen LogP contribution in [0.5, 0.6) is 0 Å². The molecule has 0 aliphatic heterocycles.